The molecule has 2 fully saturated rings. The van der Waals surface area contributed by atoms with Crippen molar-refractivity contribution in [3.8, 4) is 0 Å². The number of carbonyl (C=O) groups excluding carboxylic acids is 2. The van der Waals surface area contributed by atoms with E-state index < -0.39 is 5.54 Å². The van der Waals surface area contributed by atoms with Crippen LogP contribution >= 0.6 is 11.6 Å². The van der Waals surface area contributed by atoms with Gasteiger partial charge >= 0.3 is 6.03 Å². The van der Waals surface area contributed by atoms with Gasteiger partial charge in [-0.1, -0.05) is 30.9 Å². The minimum absolute atomic E-state index is 0.247. The fourth-order valence-electron chi connectivity index (χ4n) is 5.03. The van der Waals surface area contributed by atoms with E-state index in [1.165, 1.54) is 0 Å². The van der Waals surface area contributed by atoms with Crippen LogP contribution in [0.5, 0.6) is 0 Å². The van der Waals surface area contributed by atoms with Gasteiger partial charge in [-0.05, 0) is 25.0 Å². The topological polar surface area (TPSA) is 95.8 Å². The van der Waals surface area contributed by atoms with Gasteiger partial charge in [0.25, 0.3) is 5.91 Å². The Kier molecular flexibility index (Phi) is 5.54. The molecule has 1 spiro atoms. The zero-order valence-corrected chi connectivity index (χ0v) is 18.1. The number of urea groups is 1. The molecule has 31 heavy (non-hydrogen) atoms. The molecular weight excluding hydrogens is 420 g/mol. The first kappa shape index (κ1) is 20.6. The van der Waals surface area contributed by atoms with Crippen molar-refractivity contribution in [2.75, 3.05) is 44.7 Å². The molecule has 8 nitrogen and oxygen atoms in total. The Morgan fingerprint density at radius 3 is 2.74 bits per heavy atom. The van der Waals surface area contributed by atoms with Gasteiger partial charge in [-0.3, -0.25) is 9.69 Å². The molecule has 0 radical (unpaired) electrons. The zero-order chi connectivity index (χ0) is 21.4. The zero-order valence-electron chi connectivity index (χ0n) is 17.4. The SMILES string of the molecule is O=C1Nc2c(Cl)cc3cc(C(=O)NCCN4CCOCC4)oc3c2C2(CCCCC2)N1. The number of furan rings is 1. The molecule has 166 valence electrons. The first-order valence-electron chi connectivity index (χ1n) is 11.0. The van der Waals surface area contributed by atoms with Crippen LogP contribution in [0.3, 0.4) is 0 Å². The number of ether oxygens (including phenoxy) is 1. The minimum Gasteiger partial charge on any atom is -0.450 e. The Bertz CT molecular complexity index is 1010. The number of fused-ring (bicyclic) bond motifs is 4. The molecule has 2 aromatic rings. The Hall–Kier alpha value is -2.29. The summed E-state index contributed by atoms with van der Waals surface area (Å²) in [5, 5.41) is 10.1. The number of benzene rings is 1. The van der Waals surface area contributed by atoms with Crippen LogP contribution in [-0.2, 0) is 10.3 Å². The lowest BCUT2D eigenvalue weighted by molar-refractivity contribution is 0.0382. The van der Waals surface area contributed by atoms with Crippen molar-refractivity contribution in [1.82, 2.24) is 15.5 Å². The molecule has 2 aliphatic heterocycles. The van der Waals surface area contributed by atoms with Gasteiger partial charge in [-0.25, -0.2) is 4.79 Å². The first-order valence-corrected chi connectivity index (χ1v) is 11.4. The van der Waals surface area contributed by atoms with Gasteiger partial charge in [0.05, 0.1) is 29.5 Å². The monoisotopic (exact) mass is 446 g/mol. The van der Waals surface area contributed by atoms with E-state index >= 15 is 0 Å². The number of carbonyl (C=O) groups is 2. The number of anilines is 1. The summed E-state index contributed by atoms with van der Waals surface area (Å²) in [5.74, 6) is 0.00383. The van der Waals surface area contributed by atoms with Crippen LogP contribution in [0, 0.1) is 0 Å². The second kappa shape index (κ2) is 8.33. The number of nitrogens with one attached hydrogen (secondary N) is 3. The van der Waals surface area contributed by atoms with E-state index in [9.17, 15) is 9.59 Å². The van der Waals surface area contributed by atoms with E-state index in [0.717, 1.165) is 75.9 Å². The third kappa shape index (κ3) is 3.88. The normalized spacial score (nSPS) is 20.9. The number of hydrogen-bond acceptors (Lipinski definition) is 5. The number of rotatable bonds is 4. The van der Waals surface area contributed by atoms with Crippen LogP contribution in [-0.4, -0.2) is 56.2 Å². The van der Waals surface area contributed by atoms with Gasteiger partial charge < -0.3 is 25.1 Å². The van der Waals surface area contributed by atoms with Crippen LogP contribution in [0.25, 0.3) is 11.0 Å². The van der Waals surface area contributed by atoms with Crippen LogP contribution in [0.1, 0.15) is 48.2 Å². The Morgan fingerprint density at radius 2 is 1.97 bits per heavy atom. The van der Waals surface area contributed by atoms with Crippen LogP contribution in [0.2, 0.25) is 5.02 Å². The molecule has 1 aromatic carbocycles. The van der Waals surface area contributed by atoms with E-state index in [0.29, 0.717) is 22.8 Å². The third-order valence-corrected chi connectivity index (χ3v) is 6.88. The molecule has 3 aliphatic rings. The lowest BCUT2D eigenvalue weighted by Gasteiger charge is -2.42. The van der Waals surface area contributed by atoms with Gasteiger partial charge in [0, 0.05) is 37.1 Å². The number of nitrogens with zero attached hydrogens (tertiary/aromatic N) is 1. The van der Waals surface area contributed by atoms with Crippen molar-refractivity contribution < 1.29 is 18.7 Å². The number of morpholine rings is 1. The maximum absolute atomic E-state index is 12.8. The van der Waals surface area contributed by atoms with Gasteiger partial charge in [0.1, 0.15) is 5.58 Å². The van der Waals surface area contributed by atoms with E-state index in [1.54, 1.807) is 12.1 Å². The van der Waals surface area contributed by atoms with E-state index in [2.05, 4.69) is 20.9 Å². The predicted octanol–water partition coefficient (Wildman–Crippen LogP) is 3.44. The highest BCUT2D eigenvalue weighted by atomic mass is 35.5. The second-order valence-corrected chi connectivity index (χ2v) is 8.98. The summed E-state index contributed by atoms with van der Waals surface area (Å²) in [5.41, 5.74) is 1.56. The average Bonchev–Trinajstić information content (AvgIpc) is 3.18. The lowest BCUT2D eigenvalue weighted by atomic mass is 9.74. The summed E-state index contributed by atoms with van der Waals surface area (Å²) >= 11 is 6.55. The molecule has 3 amide bonds. The molecule has 0 atom stereocenters. The molecule has 3 heterocycles. The Labute approximate surface area is 185 Å². The summed E-state index contributed by atoms with van der Waals surface area (Å²) in [4.78, 5) is 27.4. The molecule has 0 unspecified atom stereocenters. The molecule has 1 aromatic heterocycles. The third-order valence-electron chi connectivity index (χ3n) is 6.58. The van der Waals surface area contributed by atoms with Gasteiger partial charge in [-0.15, -0.1) is 0 Å². The number of hydrogen-bond donors (Lipinski definition) is 3. The van der Waals surface area contributed by atoms with Crippen molar-refractivity contribution in [3.05, 3.63) is 28.5 Å². The van der Waals surface area contributed by atoms with E-state index in [1.807, 2.05) is 0 Å². The fourth-order valence-corrected chi connectivity index (χ4v) is 5.29. The van der Waals surface area contributed by atoms with Gasteiger partial charge in [0.15, 0.2) is 5.76 Å². The molecule has 0 bridgehead atoms. The van der Waals surface area contributed by atoms with E-state index in [-0.39, 0.29) is 17.7 Å². The highest BCUT2D eigenvalue weighted by molar-refractivity contribution is 6.35. The molecular formula is C22H27ClN4O4. The van der Waals surface area contributed by atoms with Crippen molar-refractivity contribution in [3.63, 3.8) is 0 Å². The highest BCUT2D eigenvalue weighted by Gasteiger charge is 2.43. The van der Waals surface area contributed by atoms with E-state index in [4.69, 9.17) is 20.8 Å². The number of halogens is 1. The quantitative estimate of drug-likeness (QED) is 0.668. The summed E-state index contributed by atoms with van der Waals surface area (Å²) in [7, 11) is 0. The highest BCUT2D eigenvalue weighted by Crippen LogP contribution is 2.48. The summed E-state index contributed by atoms with van der Waals surface area (Å²) in [6, 6.07) is 3.24. The summed E-state index contributed by atoms with van der Waals surface area (Å²) < 4.78 is 11.4. The standard InChI is InChI=1S/C22H27ClN4O4/c23-15-12-14-13-16(20(28)24-6-7-27-8-10-30-11-9-27)31-19(14)17-18(15)25-21(29)26-22(17)4-2-1-3-5-22/h12-13H,1-11H2,(H,24,28)(H2,25,26,29). The summed E-state index contributed by atoms with van der Waals surface area (Å²) in [6.45, 7) is 4.54. The number of amides is 3. The van der Waals surface area contributed by atoms with Crippen molar-refractivity contribution in [1.29, 1.82) is 0 Å². The Morgan fingerprint density at radius 1 is 1.19 bits per heavy atom. The van der Waals surface area contributed by atoms with Crippen LogP contribution < -0.4 is 16.0 Å². The summed E-state index contributed by atoms with van der Waals surface area (Å²) in [6.07, 6.45) is 4.82. The van der Waals surface area contributed by atoms with Crippen LogP contribution in [0.15, 0.2) is 16.5 Å². The minimum atomic E-state index is -0.513. The largest absolute Gasteiger partial charge is 0.450 e. The molecule has 1 aliphatic carbocycles. The molecule has 3 N–H and O–H groups in total. The van der Waals surface area contributed by atoms with Crippen molar-refractivity contribution in [2.24, 2.45) is 0 Å². The molecule has 9 heteroatoms. The lowest BCUT2D eigenvalue weighted by Crippen LogP contribution is -2.52. The molecule has 1 saturated heterocycles. The second-order valence-electron chi connectivity index (χ2n) is 8.57. The first-order chi connectivity index (χ1) is 15.1. The fraction of sp³-hybridized carbons (Fsp3) is 0.545. The van der Waals surface area contributed by atoms with Crippen molar-refractivity contribution in [2.45, 2.75) is 37.6 Å². The molecule has 5 rings (SSSR count). The van der Waals surface area contributed by atoms with Crippen LogP contribution in [0.4, 0.5) is 10.5 Å². The maximum Gasteiger partial charge on any atom is 0.319 e. The molecule has 1 saturated carbocycles. The maximum atomic E-state index is 12.8. The van der Waals surface area contributed by atoms with Gasteiger partial charge in [-0.2, -0.15) is 0 Å². The Balaban J connectivity index is 1.42. The average molecular weight is 447 g/mol. The smallest absolute Gasteiger partial charge is 0.319 e. The van der Waals surface area contributed by atoms with Gasteiger partial charge in [0.2, 0.25) is 0 Å². The van der Waals surface area contributed by atoms with Crippen molar-refractivity contribution >= 4 is 40.2 Å². The predicted molar refractivity (Wildman–Crippen MR) is 118 cm³/mol.